The second-order valence-electron chi connectivity index (χ2n) is 1.35. The lowest BCUT2D eigenvalue weighted by atomic mass is 10.5. The molecular weight excluding hydrogens is 109 g/mol. The van der Waals surface area contributed by atoms with Crippen molar-refractivity contribution in [3.05, 3.63) is 0 Å². The van der Waals surface area contributed by atoms with E-state index in [0.717, 1.165) is 0 Å². The van der Waals surface area contributed by atoms with Crippen LogP contribution in [0.5, 0.6) is 0 Å². The maximum Gasteiger partial charge on any atom is 0.201 e. The number of aliphatic hydroxyl groups is 1. The van der Waals surface area contributed by atoms with Crippen molar-refractivity contribution < 1.29 is 9.50 Å². The third kappa shape index (κ3) is 5.56. The van der Waals surface area contributed by atoms with Crippen molar-refractivity contribution in [2.45, 2.75) is 19.7 Å². The van der Waals surface area contributed by atoms with E-state index in [4.69, 9.17) is 5.11 Å². The summed E-state index contributed by atoms with van der Waals surface area (Å²) < 4.78 is 11.5. The molecule has 0 radical (unpaired) electrons. The van der Waals surface area contributed by atoms with E-state index >= 15 is 0 Å². The van der Waals surface area contributed by atoms with Gasteiger partial charge in [-0.25, -0.2) is 4.39 Å². The van der Waals surface area contributed by atoms with Gasteiger partial charge in [0.05, 0.1) is 0 Å². The maximum atomic E-state index is 11.5. The first-order chi connectivity index (χ1) is 3.77. The molecule has 1 N–H and O–H groups in total. The summed E-state index contributed by atoms with van der Waals surface area (Å²) in [5.41, 5.74) is 0. The molecule has 0 bridgehead atoms. The average Bonchev–Trinajstić information content (AvgIpc) is 1.66. The second-order valence-corrected chi connectivity index (χ2v) is 1.35. The van der Waals surface area contributed by atoms with Gasteiger partial charge in [-0.3, -0.25) is 4.99 Å². The molecule has 0 aliphatic heterocycles. The highest BCUT2D eigenvalue weighted by atomic mass is 19.1. The Morgan fingerprint density at radius 2 is 2.50 bits per heavy atom. The van der Waals surface area contributed by atoms with Crippen LogP contribution in [0.15, 0.2) is 4.99 Å². The van der Waals surface area contributed by atoms with Crippen molar-refractivity contribution in [1.82, 2.24) is 0 Å². The van der Waals surface area contributed by atoms with E-state index < -0.39 is 6.36 Å². The van der Waals surface area contributed by atoms with Crippen LogP contribution in [0, 0.1) is 0 Å². The largest absolute Gasteiger partial charge is 0.364 e. The Bertz CT molecular complexity index is 72.8. The Hall–Kier alpha value is -0.440. The molecule has 0 rings (SSSR count). The fourth-order valence-electron chi connectivity index (χ4n) is 0.291. The fraction of sp³-hybridized carbons (Fsp3) is 0.800. The van der Waals surface area contributed by atoms with Gasteiger partial charge < -0.3 is 5.11 Å². The lowest BCUT2D eigenvalue weighted by Crippen LogP contribution is -1.96. The predicted molar refractivity (Wildman–Crippen MR) is 30.8 cm³/mol. The number of nitrogens with zero attached hydrogens (tertiary/aromatic N) is 1. The zero-order valence-corrected chi connectivity index (χ0v) is 4.84. The average molecular weight is 119 g/mol. The number of aliphatic hydroxyl groups excluding tert-OH is 1. The van der Waals surface area contributed by atoms with E-state index in [1.807, 2.05) is 6.92 Å². The SMILES string of the molecule is CC/N=C\CC(O)F. The number of hydrogen-bond acceptors (Lipinski definition) is 2. The van der Waals surface area contributed by atoms with Crippen molar-refractivity contribution in [2.24, 2.45) is 4.99 Å². The third-order valence-corrected chi connectivity index (χ3v) is 0.612. The minimum Gasteiger partial charge on any atom is -0.364 e. The molecule has 0 saturated heterocycles. The van der Waals surface area contributed by atoms with Gasteiger partial charge in [0.15, 0.2) is 0 Å². The highest BCUT2D eigenvalue weighted by Crippen LogP contribution is 1.86. The summed E-state index contributed by atoms with van der Waals surface area (Å²) in [6, 6.07) is 0. The van der Waals surface area contributed by atoms with Crippen LogP contribution >= 0.6 is 0 Å². The first kappa shape index (κ1) is 7.56. The maximum absolute atomic E-state index is 11.5. The molecule has 1 atom stereocenters. The smallest absolute Gasteiger partial charge is 0.201 e. The van der Waals surface area contributed by atoms with Crippen LogP contribution in [0.3, 0.4) is 0 Å². The van der Waals surface area contributed by atoms with Gasteiger partial charge in [0.1, 0.15) is 0 Å². The van der Waals surface area contributed by atoms with Crippen LogP contribution in [-0.2, 0) is 0 Å². The van der Waals surface area contributed by atoms with E-state index in [0.29, 0.717) is 6.54 Å². The van der Waals surface area contributed by atoms with Gasteiger partial charge in [-0.1, -0.05) is 0 Å². The molecule has 0 aromatic carbocycles. The Morgan fingerprint density at radius 1 is 1.88 bits per heavy atom. The van der Waals surface area contributed by atoms with Gasteiger partial charge in [0, 0.05) is 19.2 Å². The van der Waals surface area contributed by atoms with Gasteiger partial charge >= 0.3 is 0 Å². The van der Waals surface area contributed by atoms with Crippen molar-refractivity contribution in [1.29, 1.82) is 0 Å². The molecule has 0 saturated carbocycles. The Balaban J connectivity index is 3.03. The van der Waals surface area contributed by atoms with Gasteiger partial charge in [-0.05, 0) is 6.92 Å². The number of rotatable bonds is 3. The first-order valence-corrected chi connectivity index (χ1v) is 2.57. The van der Waals surface area contributed by atoms with Crippen molar-refractivity contribution in [3.8, 4) is 0 Å². The monoisotopic (exact) mass is 119 g/mol. The first-order valence-electron chi connectivity index (χ1n) is 2.57. The Kier molecular flexibility index (Phi) is 4.45. The van der Waals surface area contributed by atoms with Crippen molar-refractivity contribution >= 4 is 6.21 Å². The van der Waals surface area contributed by atoms with Crippen LogP contribution in [-0.4, -0.2) is 24.2 Å². The quantitative estimate of drug-likeness (QED) is 0.546. The summed E-state index contributed by atoms with van der Waals surface area (Å²) in [5.74, 6) is 0. The number of halogens is 1. The summed E-state index contributed by atoms with van der Waals surface area (Å²) in [7, 11) is 0. The minimum atomic E-state index is -1.75. The van der Waals surface area contributed by atoms with Crippen LogP contribution in [0.4, 0.5) is 4.39 Å². The van der Waals surface area contributed by atoms with Crippen molar-refractivity contribution in [2.75, 3.05) is 6.54 Å². The molecular formula is C5H10FNO. The van der Waals surface area contributed by atoms with Gasteiger partial charge in [-0.2, -0.15) is 0 Å². The molecule has 0 aliphatic rings. The predicted octanol–water partition coefficient (Wildman–Crippen LogP) is 0.755. The third-order valence-electron chi connectivity index (χ3n) is 0.612. The normalized spacial score (nSPS) is 14.9. The molecule has 0 spiro atoms. The molecule has 0 fully saturated rings. The molecule has 1 unspecified atom stereocenters. The van der Waals surface area contributed by atoms with E-state index in [2.05, 4.69) is 4.99 Å². The van der Waals surface area contributed by atoms with E-state index in [9.17, 15) is 4.39 Å². The lowest BCUT2D eigenvalue weighted by molar-refractivity contribution is 0.0504. The number of aliphatic imine (C=N–C) groups is 1. The van der Waals surface area contributed by atoms with Gasteiger partial charge in [0.2, 0.25) is 6.36 Å². The van der Waals surface area contributed by atoms with Crippen molar-refractivity contribution in [3.63, 3.8) is 0 Å². The number of alkyl halides is 1. The summed E-state index contributed by atoms with van der Waals surface area (Å²) in [6.45, 7) is 2.49. The molecule has 0 aromatic rings. The molecule has 0 amide bonds. The molecule has 8 heavy (non-hydrogen) atoms. The Labute approximate surface area is 48.1 Å². The summed E-state index contributed by atoms with van der Waals surface area (Å²) in [6.07, 6.45) is -0.358. The van der Waals surface area contributed by atoms with Gasteiger partial charge in [-0.15, -0.1) is 0 Å². The topological polar surface area (TPSA) is 32.6 Å². The molecule has 3 heteroatoms. The molecule has 0 heterocycles. The molecule has 0 aromatic heterocycles. The van der Waals surface area contributed by atoms with E-state index in [1.54, 1.807) is 0 Å². The summed E-state index contributed by atoms with van der Waals surface area (Å²) in [4.78, 5) is 3.69. The van der Waals surface area contributed by atoms with Crippen LogP contribution in [0.1, 0.15) is 13.3 Å². The van der Waals surface area contributed by atoms with Gasteiger partial charge in [0.25, 0.3) is 0 Å². The Morgan fingerprint density at radius 3 is 2.88 bits per heavy atom. The van der Waals surface area contributed by atoms with E-state index in [1.165, 1.54) is 6.21 Å². The van der Waals surface area contributed by atoms with Crippen LogP contribution in [0.25, 0.3) is 0 Å². The van der Waals surface area contributed by atoms with E-state index in [-0.39, 0.29) is 6.42 Å². The summed E-state index contributed by atoms with van der Waals surface area (Å²) >= 11 is 0. The second kappa shape index (κ2) is 4.71. The standard InChI is InChI=1S/C5H10FNO/c1-2-7-4-3-5(6)8/h4-5,8H,2-3H2,1H3/b7-4-. The zero-order chi connectivity index (χ0) is 6.41. The highest BCUT2D eigenvalue weighted by molar-refractivity contribution is 5.57. The molecule has 2 nitrogen and oxygen atoms in total. The lowest BCUT2D eigenvalue weighted by Gasteiger charge is -1.89. The summed E-state index contributed by atoms with van der Waals surface area (Å²) in [5, 5.41) is 8.02. The highest BCUT2D eigenvalue weighted by Gasteiger charge is 1.92. The fourth-order valence-corrected chi connectivity index (χ4v) is 0.291. The van der Waals surface area contributed by atoms with Crippen LogP contribution in [0.2, 0.25) is 0 Å². The molecule has 0 aliphatic carbocycles. The number of hydrogen-bond donors (Lipinski definition) is 1. The van der Waals surface area contributed by atoms with Crippen LogP contribution < -0.4 is 0 Å². The molecule has 48 valence electrons. The minimum absolute atomic E-state index is 0.00778. The zero-order valence-electron chi connectivity index (χ0n) is 4.84.